The second kappa shape index (κ2) is 3.73. The zero-order valence-electron chi connectivity index (χ0n) is 8.36. The van der Waals surface area contributed by atoms with Crippen LogP contribution in [0.3, 0.4) is 0 Å². The second-order valence-electron chi connectivity index (χ2n) is 3.41. The molecule has 1 aromatic carbocycles. The Balaban J connectivity index is 2.45. The van der Waals surface area contributed by atoms with Crippen LogP contribution in [0.4, 0.5) is 0 Å². The minimum atomic E-state index is -0.373. The lowest BCUT2D eigenvalue weighted by atomic mass is 10.1. The molecular weight excluding hydrogens is 194 g/mol. The van der Waals surface area contributed by atoms with Crippen LogP contribution < -0.4 is 0 Å². The van der Waals surface area contributed by atoms with E-state index in [-0.39, 0.29) is 5.97 Å². The fourth-order valence-corrected chi connectivity index (χ4v) is 1.80. The van der Waals surface area contributed by atoms with Gasteiger partial charge in [-0.1, -0.05) is 11.2 Å². The third-order valence-electron chi connectivity index (χ3n) is 2.59. The Hall–Kier alpha value is -1.84. The number of benzene rings is 1. The fourth-order valence-electron chi connectivity index (χ4n) is 1.80. The number of ether oxygens (including phenoxy) is 1. The minimum absolute atomic E-state index is 0.373. The van der Waals surface area contributed by atoms with E-state index in [2.05, 4.69) is 9.89 Å². The first kappa shape index (κ1) is 9.71. The van der Waals surface area contributed by atoms with Crippen molar-refractivity contribution in [3.05, 3.63) is 34.9 Å². The van der Waals surface area contributed by atoms with Crippen molar-refractivity contribution in [3.63, 3.8) is 0 Å². The van der Waals surface area contributed by atoms with Crippen molar-refractivity contribution in [3.8, 4) is 0 Å². The summed E-state index contributed by atoms with van der Waals surface area (Å²) >= 11 is 0. The zero-order chi connectivity index (χ0) is 10.8. The summed E-state index contributed by atoms with van der Waals surface area (Å²) in [6, 6.07) is 5.31. The lowest BCUT2D eigenvalue weighted by molar-refractivity contribution is 0.0600. The van der Waals surface area contributed by atoms with E-state index in [1.54, 1.807) is 12.1 Å². The molecule has 0 spiro atoms. The molecule has 2 rings (SSSR count). The maximum absolute atomic E-state index is 11.3. The standard InChI is InChI=1S/C11H11NO3/c1-15-11(13)8-3-2-7-4-5-10(12-14)9(7)6-8/h2-3,6,14H,4-5H2,1H3/b12-10+. The van der Waals surface area contributed by atoms with Crippen LogP contribution in [-0.2, 0) is 11.2 Å². The number of aryl methyl sites for hydroxylation is 1. The minimum Gasteiger partial charge on any atom is -0.465 e. The SMILES string of the molecule is COC(=O)c1ccc2c(c1)/C(=N/O)CC2. The Bertz CT molecular complexity index is 437. The van der Waals surface area contributed by atoms with Gasteiger partial charge in [0.25, 0.3) is 0 Å². The van der Waals surface area contributed by atoms with Crippen LogP contribution in [0.5, 0.6) is 0 Å². The zero-order valence-corrected chi connectivity index (χ0v) is 8.36. The number of hydrogen-bond acceptors (Lipinski definition) is 4. The summed E-state index contributed by atoms with van der Waals surface area (Å²) < 4.78 is 4.62. The van der Waals surface area contributed by atoms with E-state index < -0.39 is 0 Å². The van der Waals surface area contributed by atoms with Gasteiger partial charge in [0.2, 0.25) is 0 Å². The molecule has 0 atom stereocenters. The van der Waals surface area contributed by atoms with Crippen molar-refractivity contribution in [1.82, 2.24) is 0 Å². The van der Waals surface area contributed by atoms with Gasteiger partial charge in [0.15, 0.2) is 0 Å². The van der Waals surface area contributed by atoms with Crippen molar-refractivity contribution in [1.29, 1.82) is 0 Å². The van der Waals surface area contributed by atoms with Gasteiger partial charge in [0.05, 0.1) is 18.4 Å². The number of carbonyl (C=O) groups is 1. The van der Waals surface area contributed by atoms with Gasteiger partial charge in [-0.05, 0) is 30.5 Å². The lowest BCUT2D eigenvalue weighted by Gasteiger charge is -2.02. The molecule has 4 heteroatoms. The Labute approximate surface area is 87.2 Å². The largest absolute Gasteiger partial charge is 0.465 e. The van der Waals surface area contributed by atoms with Gasteiger partial charge in [-0.2, -0.15) is 0 Å². The van der Waals surface area contributed by atoms with Gasteiger partial charge in [0.1, 0.15) is 0 Å². The molecule has 0 amide bonds. The smallest absolute Gasteiger partial charge is 0.337 e. The third kappa shape index (κ3) is 1.58. The average Bonchev–Trinajstić information content (AvgIpc) is 2.69. The molecule has 0 radical (unpaired) electrons. The molecule has 1 aliphatic carbocycles. The molecule has 0 saturated carbocycles. The molecule has 0 aromatic heterocycles. The third-order valence-corrected chi connectivity index (χ3v) is 2.59. The van der Waals surface area contributed by atoms with Crippen LogP contribution in [0.2, 0.25) is 0 Å². The maximum atomic E-state index is 11.3. The summed E-state index contributed by atoms with van der Waals surface area (Å²) in [7, 11) is 1.34. The van der Waals surface area contributed by atoms with Crippen LogP contribution >= 0.6 is 0 Å². The summed E-state index contributed by atoms with van der Waals surface area (Å²) in [5, 5.41) is 12.0. The van der Waals surface area contributed by atoms with Gasteiger partial charge >= 0.3 is 5.97 Å². The Morgan fingerprint density at radius 1 is 1.47 bits per heavy atom. The first-order valence-corrected chi connectivity index (χ1v) is 4.69. The fraction of sp³-hybridized carbons (Fsp3) is 0.273. The van der Waals surface area contributed by atoms with E-state index in [0.717, 1.165) is 24.0 Å². The van der Waals surface area contributed by atoms with Crippen LogP contribution in [-0.4, -0.2) is 24.0 Å². The van der Waals surface area contributed by atoms with Gasteiger partial charge in [-0.15, -0.1) is 0 Å². The quantitative estimate of drug-likeness (QED) is 0.430. The van der Waals surface area contributed by atoms with Gasteiger partial charge in [-0.25, -0.2) is 4.79 Å². The molecule has 0 heterocycles. The number of rotatable bonds is 1. The number of methoxy groups -OCH3 is 1. The predicted octanol–water partition coefficient (Wildman–Crippen LogP) is 1.60. The van der Waals surface area contributed by atoms with E-state index in [9.17, 15) is 4.79 Å². The highest BCUT2D eigenvalue weighted by atomic mass is 16.5. The highest BCUT2D eigenvalue weighted by Gasteiger charge is 2.20. The summed E-state index contributed by atoms with van der Waals surface area (Å²) in [6.07, 6.45) is 1.58. The summed E-state index contributed by atoms with van der Waals surface area (Å²) in [5.74, 6) is -0.373. The normalized spacial score (nSPS) is 16.5. The van der Waals surface area contributed by atoms with Crippen LogP contribution in [0, 0.1) is 0 Å². The Kier molecular flexibility index (Phi) is 2.41. The molecule has 1 N–H and O–H groups in total. The van der Waals surface area contributed by atoms with E-state index in [1.165, 1.54) is 7.11 Å². The lowest BCUT2D eigenvalue weighted by Crippen LogP contribution is -2.03. The topological polar surface area (TPSA) is 58.9 Å². The number of fused-ring (bicyclic) bond motifs is 1. The molecular formula is C11H11NO3. The molecule has 0 unspecified atom stereocenters. The van der Waals surface area contributed by atoms with Gasteiger partial charge < -0.3 is 9.94 Å². The number of carbonyl (C=O) groups excluding carboxylic acids is 1. The second-order valence-corrected chi connectivity index (χ2v) is 3.41. The monoisotopic (exact) mass is 205 g/mol. The highest BCUT2D eigenvalue weighted by Crippen LogP contribution is 2.23. The van der Waals surface area contributed by atoms with E-state index in [1.807, 2.05) is 6.07 Å². The summed E-state index contributed by atoms with van der Waals surface area (Å²) in [4.78, 5) is 11.3. The number of oxime groups is 1. The Morgan fingerprint density at radius 2 is 2.27 bits per heavy atom. The molecule has 1 aliphatic rings. The van der Waals surface area contributed by atoms with Crippen LogP contribution in [0.15, 0.2) is 23.4 Å². The molecule has 1 aromatic rings. The van der Waals surface area contributed by atoms with Crippen molar-refractivity contribution < 1.29 is 14.7 Å². The first-order chi connectivity index (χ1) is 7.26. The molecule has 4 nitrogen and oxygen atoms in total. The maximum Gasteiger partial charge on any atom is 0.337 e. The first-order valence-electron chi connectivity index (χ1n) is 4.69. The molecule has 0 fully saturated rings. The number of esters is 1. The summed E-state index contributed by atoms with van der Waals surface area (Å²) in [6.45, 7) is 0. The molecule has 0 saturated heterocycles. The molecule has 78 valence electrons. The van der Waals surface area contributed by atoms with Gasteiger partial charge in [0, 0.05) is 5.56 Å². The average molecular weight is 205 g/mol. The number of hydrogen-bond donors (Lipinski definition) is 1. The predicted molar refractivity (Wildman–Crippen MR) is 54.4 cm³/mol. The van der Waals surface area contributed by atoms with Crippen LogP contribution in [0.1, 0.15) is 27.9 Å². The van der Waals surface area contributed by atoms with E-state index in [4.69, 9.17) is 5.21 Å². The number of nitrogens with zero attached hydrogens (tertiary/aromatic N) is 1. The van der Waals surface area contributed by atoms with E-state index >= 15 is 0 Å². The van der Waals surface area contributed by atoms with Crippen molar-refractivity contribution in [2.45, 2.75) is 12.8 Å². The van der Waals surface area contributed by atoms with Crippen molar-refractivity contribution in [2.75, 3.05) is 7.11 Å². The molecule has 0 aliphatic heterocycles. The van der Waals surface area contributed by atoms with Crippen molar-refractivity contribution in [2.24, 2.45) is 5.16 Å². The molecule has 15 heavy (non-hydrogen) atoms. The Morgan fingerprint density at radius 3 is 2.93 bits per heavy atom. The van der Waals surface area contributed by atoms with Crippen molar-refractivity contribution >= 4 is 11.7 Å². The highest BCUT2D eigenvalue weighted by molar-refractivity contribution is 6.05. The van der Waals surface area contributed by atoms with E-state index in [0.29, 0.717) is 11.3 Å². The van der Waals surface area contributed by atoms with Gasteiger partial charge in [-0.3, -0.25) is 0 Å². The molecule has 0 bridgehead atoms. The summed E-state index contributed by atoms with van der Waals surface area (Å²) in [5.41, 5.74) is 3.07. The van der Waals surface area contributed by atoms with Crippen LogP contribution in [0.25, 0.3) is 0 Å².